The maximum Gasteiger partial charge on any atom is 0.147 e. The molecule has 0 bridgehead atoms. The Labute approximate surface area is 141 Å². The molecule has 0 saturated carbocycles. The Morgan fingerprint density at radius 3 is 2.43 bits per heavy atom. The van der Waals surface area contributed by atoms with Crippen LogP contribution in [0.5, 0.6) is 0 Å². The molecule has 0 aliphatic rings. The molecule has 2 aromatic carbocycles. The first kappa shape index (κ1) is 15.6. The number of hydrogen-bond acceptors (Lipinski definition) is 3. The number of halogens is 1. The second-order valence-electron chi connectivity index (χ2n) is 6.00. The summed E-state index contributed by atoms with van der Waals surface area (Å²) in [5.41, 5.74) is 3.76. The zero-order chi connectivity index (χ0) is 16.4. The molecule has 0 radical (unpaired) electrons. The van der Waals surface area contributed by atoms with E-state index in [9.17, 15) is 0 Å². The van der Waals surface area contributed by atoms with Crippen molar-refractivity contribution in [3.05, 3.63) is 70.9 Å². The van der Waals surface area contributed by atoms with Crippen molar-refractivity contribution in [2.24, 2.45) is 0 Å². The van der Waals surface area contributed by atoms with Gasteiger partial charge in [0.05, 0.1) is 5.41 Å². The number of benzene rings is 2. The molecule has 0 unspecified atom stereocenters. The number of para-hydroxylation sites is 1. The normalized spacial score (nSPS) is 11.5. The van der Waals surface area contributed by atoms with Gasteiger partial charge in [0.15, 0.2) is 0 Å². The Hall–Kier alpha value is -2.26. The van der Waals surface area contributed by atoms with Crippen molar-refractivity contribution in [2.45, 2.75) is 19.3 Å². The fourth-order valence-electron chi connectivity index (χ4n) is 2.71. The van der Waals surface area contributed by atoms with Crippen LogP contribution in [0.25, 0.3) is 11.3 Å². The maximum absolute atomic E-state index is 5.94. The Bertz CT molecular complexity index is 806. The third-order valence-corrected chi connectivity index (χ3v) is 4.39. The lowest BCUT2D eigenvalue weighted by Gasteiger charge is -2.24. The van der Waals surface area contributed by atoms with Gasteiger partial charge in [0.2, 0.25) is 0 Å². The van der Waals surface area contributed by atoms with Crippen LogP contribution in [0.1, 0.15) is 25.2 Å². The lowest BCUT2D eigenvalue weighted by molar-refractivity contribution is 0.342. The van der Waals surface area contributed by atoms with Gasteiger partial charge in [-0.05, 0) is 37.6 Å². The van der Waals surface area contributed by atoms with Crippen molar-refractivity contribution < 1.29 is 4.52 Å². The summed E-state index contributed by atoms with van der Waals surface area (Å²) >= 11 is 5.94. The molecule has 1 heterocycles. The Balaban J connectivity index is 2.00. The highest BCUT2D eigenvalue weighted by Crippen LogP contribution is 2.37. The van der Waals surface area contributed by atoms with Crippen LogP contribution in [-0.2, 0) is 5.41 Å². The van der Waals surface area contributed by atoms with Crippen LogP contribution in [0, 0.1) is 0 Å². The molecule has 3 aromatic rings. The zero-order valence-corrected chi connectivity index (χ0v) is 14.2. The van der Waals surface area contributed by atoms with E-state index in [2.05, 4.69) is 36.5 Å². The third-order valence-electron chi connectivity index (χ3n) is 4.14. The van der Waals surface area contributed by atoms with Gasteiger partial charge in [-0.2, -0.15) is 0 Å². The molecule has 1 aromatic heterocycles. The molecule has 0 amide bonds. The fourth-order valence-corrected chi connectivity index (χ4v) is 2.83. The molecule has 3 rings (SSSR count). The summed E-state index contributed by atoms with van der Waals surface area (Å²) in [7, 11) is 1.93. The Morgan fingerprint density at radius 1 is 1.04 bits per heavy atom. The lowest BCUT2D eigenvalue weighted by Crippen LogP contribution is -2.19. The fraction of sp³-hybridized carbons (Fsp3) is 0.211. The number of rotatable bonds is 4. The smallest absolute Gasteiger partial charge is 0.147 e. The summed E-state index contributed by atoms with van der Waals surface area (Å²) in [4.78, 5) is 0. The van der Waals surface area contributed by atoms with Gasteiger partial charge in [0.1, 0.15) is 11.5 Å². The van der Waals surface area contributed by atoms with E-state index in [0.29, 0.717) is 5.02 Å². The molecule has 3 nitrogen and oxygen atoms in total. The van der Waals surface area contributed by atoms with E-state index in [-0.39, 0.29) is 5.41 Å². The average Bonchev–Trinajstić information content (AvgIpc) is 3.06. The first-order chi connectivity index (χ1) is 11.0. The maximum atomic E-state index is 5.94. The van der Waals surface area contributed by atoms with E-state index in [0.717, 1.165) is 22.7 Å². The molecule has 23 heavy (non-hydrogen) atoms. The summed E-state index contributed by atoms with van der Waals surface area (Å²) in [6, 6.07) is 17.8. The highest BCUT2D eigenvalue weighted by molar-refractivity contribution is 6.30. The highest BCUT2D eigenvalue weighted by atomic mass is 35.5. The SMILES string of the molecule is CNc1ccccc1C(C)(C)c1cc(-c2ccc(Cl)cc2)no1. The molecule has 0 spiro atoms. The van der Waals surface area contributed by atoms with Gasteiger partial charge in [-0.25, -0.2) is 0 Å². The van der Waals surface area contributed by atoms with Crippen molar-refractivity contribution >= 4 is 17.3 Å². The first-order valence-electron chi connectivity index (χ1n) is 7.53. The molecule has 0 saturated heterocycles. The van der Waals surface area contributed by atoms with Crippen LogP contribution in [0.2, 0.25) is 5.02 Å². The molecule has 0 aliphatic carbocycles. The second kappa shape index (κ2) is 6.09. The van der Waals surface area contributed by atoms with Crippen molar-refractivity contribution in [2.75, 3.05) is 12.4 Å². The number of nitrogens with one attached hydrogen (secondary N) is 1. The quantitative estimate of drug-likeness (QED) is 0.701. The van der Waals surface area contributed by atoms with Crippen LogP contribution in [0.15, 0.2) is 59.1 Å². The number of hydrogen-bond donors (Lipinski definition) is 1. The van der Waals surface area contributed by atoms with Crippen molar-refractivity contribution in [1.82, 2.24) is 5.16 Å². The molecule has 4 heteroatoms. The van der Waals surface area contributed by atoms with Crippen LogP contribution in [0.3, 0.4) is 0 Å². The lowest BCUT2D eigenvalue weighted by atomic mass is 9.81. The molecule has 0 aliphatic heterocycles. The minimum Gasteiger partial charge on any atom is -0.388 e. The number of anilines is 1. The highest BCUT2D eigenvalue weighted by Gasteiger charge is 2.30. The van der Waals surface area contributed by atoms with E-state index in [1.54, 1.807) is 0 Å². The van der Waals surface area contributed by atoms with Crippen molar-refractivity contribution in [1.29, 1.82) is 0 Å². The van der Waals surface area contributed by atoms with Gasteiger partial charge >= 0.3 is 0 Å². The predicted octanol–water partition coefficient (Wildman–Crippen LogP) is 5.36. The van der Waals surface area contributed by atoms with E-state index in [4.69, 9.17) is 16.1 Å². The van der Waals surface area contributed by atoms with Crippen molar-refractivity contribution in [3.63, 3.8) is 0 Å². The van der Waals surface area contributed by atoms with Gasteiger partial charge in [-0.3, -0.25) is 0 Å². The van der Waals surface area contributed by atoms with Crippen LogP contribution in [-0.4, -0.2) is 12.2 Å². The third kappa shape index (κ3) is 2.97. The monoisotopic (exact) mass is 326 g/mol. The van der Waals surface area contributed by atoms with Crippen LogP contribution < -0.4 is 5.32 Å². The molecule has 0 atom stereocenters. The minimum absolute atomic E-state index is 0.294. The second-order valence-corrected chi connectivity index (χ2v) is 6.44. The Morgan fingerprint density at radius 2 is 1.74 bits per heavy atom. The first-order valence-corrected chi connectivity index (χ1v) is 7.90. The minimum atomic E-state index is -0.294. The molecule has 0 fully saturated rings. The summed E-state index contributed by atoms with van der Waals surface area (Å²) in [6.07, 6.45) is 0. The van der Waals surface area contributed by atoms with E-state index in [1.165, 1.54) is 5.56 Å². The van der Waals surface area contributed by atoms with Crippen LogP contribution >= 0.6 is 11.6 Å². The number of nitrogens with zero attached hydrogens (tertiary/aromatic N) is 1. The molecule has 1 N–H and O–H groups in total. The van der Waals surface area contributed by atoms with Gasteiger partial charge < -0.3 is 9.84 Å². The predicted molar refractivity (Wildman–Crippen MR) is 95.1 cm³/mol. The molecular formula is C19H19ClN2O. The summed E-state index contributed by atoms with van der Waals surface area (Å²) in [6.45, 7) is 4.27. The van der Waals surface area contributed by atoms with Crippen molar-refractivity contribution in [3.8, 4) is 11.3 Å². The summed E-state index contributed by atoms with van der Waals surface area (Å²) in [5, 5.41) is 8.17. The molecular weight excluding hydrogens is 308 g/mol. The Kier molecular flexibility index (Phi) is 4.14. The van der Waals surface area contributed by atoms with E-state index >= 15 is 0 Å². The summed E-state index contributed by atoms with van der Waals surface area (Å²) in [5.74, 6) is 0.824. The van der Waals surface area contributed by atoms with Crippen LogP contribution in [0.4, 0.5) is 5.69 Å². The average molecular weight is 327 g/mol. The topological polar surface area (TPSA) is 38.1 Å². The van der Waals surface area contributed by atoms with E-state index < -0.39 is 0 Å². The van der Waals surface area contributed by atoms with E-state index in [1.807, 2.05) is 49.5 Å². The molecule has 118 valence electrons. The zero-order valence-electron chi connectivity index (χ0n) is 13.4. The van der Waals surface area contributed by atoms with Gasteiger partial charge in [-0.1, -0.05) is 47.1 Å². The van der Waals surface area contributed by atoms with Gasteiger partial charge in [0.25, 0.3) is 0 Å². The largest absolute Gasteiger partial charge is 0.388 e. The van der Waals surface area contributed by atoms with Gasteiger partial charge in [0, 0.05) is 29.4 Å². The summed E-state index contributed by atoms with van der Waals surface area (Å²) < 4.78 is 5.66. The number of aromatic nitrogens is 1. The standard InChI is InChI=1S/C19H19ClN2O/c1-19(2,15-6-4-5-7-16(15)21-3)18-12-17(22-23-18)13-8-10-14(20)11-9-13/h4-12,21H,1-3H3. The van der Waals surface area contributed by atoms with Gasteiger partial charge in [-0.15, -0.1) is 0 Å².